The summed E-state index contributed by atoms with van der Waals surface area (Å²) in [7, 11) is 3.88. The van der Waals surface area contributed by atoms with E-state index in [-0.39, 0.29) is 19.1 Å². The van der Waals surface area contributed by atoms with Crippen molar-refractivity contribution in [3.8, 4) is 5.75 Å². The zero-order chi connectivity index (χ0) is 23.7. The number of carbonyl (C=O) groups excluding carboxylic acids is 1. The fraction of sp³-hybridized carbons (Fsp3) is 0.417. The van der Waals surface area contributed by atoms with E-state index in [2.05, 4.69) is 5.32 Å². The molecule has 2 N–H and O–H groups in total. The minimum atomic E-state index is -1.02. The molecule has 32 heavy (non-hydrogen) atoms. The quantitative estimate of drug-likeness (QED) is 0.533. The molecule has 0 aromatic heterocycles. The second kappa shape index (κ2) is 12.0. The predicted octanol–water partition coefficient (Wildman–Crippen LogP) is 4.32. The van der Waals surface area contributed by atoms with E-state index in [0.29, 0.717) is 23.6 Å². The average Bonchev–Trinajstić information content (AvgIpc) is 2.73. The number of benzene rings is 2. The van der Waals surface area contributed by atoms with Crippen LogP contribution in [-0.2, 0) is 27.3 Å². The lowest BCUT2D eigenvalue weighted by Crippen LogP contribution is -2.29. The van der Waals surface area contributed by atoms with Gasteiger partial charge < -0.3 is 24.2 Å². The first-order valence-electron chi connectivity index (χ1n) is 10.5. The molecule has 0 spiro atoms. The van der Waals surface area contributed by atoms with Gasteiger partial charge in [-0.15, -0.1) is 0 Å². The monoisotopic (exact) mass is 444 g/mol. The average molecular weight is 445 g/mol. The molecule has 1 unspecified atom stereocenters. The molecule has 0 radical (unpaired) electrons. The molecule has 0 heterocycles. The van der Waals surface area contributed by atoms with E-state index in [0.717, 1.165) is 11.3 Å². The van der Waals surface area contributed by atoms with Crippen molar-refractivity contribution in [2.75, 3.05) is 30.9 Å². The van der Waals surface area contributed by atoms with Gasteiger partial charge in [0.15, 0.2) is 6.10 Å². The van der Waals surface area contributed by atoms with Gasteiger partial charge in [-0.25, -0.2) is 9.59 Å². The topological polar surface area (TPSA) is 97.3 Å². The van der Waals surface area contributed by atoms with Crippen LogP contribution in [0.1, 0.15) is 31.9 Å². The molecule has 0 bridgehead atoms. The van der Waals surface area contributed by atoms with Gasteiger partial charge in [-0.05, 0) is 62.7 Å². The zero-order valence-corrected chi connectivity index (χ0v) is 19.3. The predicted molar refractivity (Wildman–Crippen MR) is 124 cm³/mol. The summed E-state index contributed by atoms with van der Waals surface area (Å²) in [5, 5.41) is 12.1. The van der Waals surface area contributed by atoms with Crippen LogP contribution in [0.15, 0.2) is 42.5 Å². The van der Waals surface area contributed by atoms with Crippen LogP contribution in [0.3, 0.4) is 0 Å². The highest BCUT2D eigenvalue weighted by atomic mass is 16.5. The highest BCUT2D eigenvalue weighted by Crippen LogP contribution is 2.23. The van der Waals surface area contributed by atoms with Crippen LogP contribution in [0.2, 0.25) is 0 Å². The van der Waals surface area contributed by atoms with Crippen LogP contribution < -0.4 is 15.0 Å². The van der Waals surface area contributed by atoms with Crippen molar-refractivity contribution in [2.24, 2.45) is 0 Å². The van der Waals surface area contributed by atoms with E-state index in [4.69, 9.17) is 14.2 Å². The standard InChI is InChI=1S/C24H32N2O6/c1-6-30-21-12-7-17(14-22(23(27)28)32-16(2)3)13-18(21)15-31-24(29)25-19-8-10-20(11-9-19)26(4)5/h7-13,16,22H,6,14-15H2,1-5H3,(H,25,29)(H,27,28). The Kier molecular flexibility index (Phi) is 9.34. The van der Waals surface area contributed by atoms with Crippen molar-refractivity contribution in [3.05, 3.63) is 53.6 Å². The molecule has 8 heteroatoms. The summed E-state index contributed by atoms with van der Waals surface area (Å²) in [6.07, 6.45) is -1.58. The molecule has 0 saturated carbocycles. The number of hydrogen-bond donors (Lipinski definition) is 2. The summed E-state index contributed by atoms with van der Waals surface area (Å²) in [4.78, 5) is 25.7. The van der Waals surface area contributed by atoms with Crippen molar-refractivity contribution >= 4 is 23.4 Å². The third-order valence-electron chi connectivity index (χ3n) is 4.55. The Morgan fingerprint density at radius 3 is 2.34 bits per heavy atom. The van der Waals surface area contributed by atoms with Gasteiger partial charge in [0.05, 0.1) is 12.7 Å². The van der Waals surface area contributed by atoms with Gasteiger partial charge in [0.1, 0.15) is 12.4 Å². The van der Waals surface area contributed by atoms with Crippen molar-refractivity contribution in [3.63, 3.8) is 0 Å². The van der Waals surface area contributed by atoms with Gasteiger partial charge in [0.25, 0.3) is 0 Å². The number of nitrogens with one attached hydrogen (secondary N) is 1. The van der Waals surface area contributed by atoms with Gasteiger partial charge in [0, 0.05) is 37.5 Å². The lowest BCUT2D eigenvalue weighted by molar-refractivity contribution is -0.153. The van der Waals surface area contributed by atoms with Crippen molar-refractivity contribution in [1.82, 2.24) is 0 Å². The largest absolute Gasteiger partial charge is 0.493 e. The molecule has 1 amide bonds. The molecule has 1 atom stereocenters. The first-order valence-corrected chi connectivity index (χ1v) is 10.5. The Hall–Kier alpha value is -3.26. The first-order chi connectivity index (χ1) is 15.2. The van der Waals surface area contributed by atoms with Crippen LogP contribution >= 0.6 is 0 Å². The highest BCUT2D eigenvalue weighted by Gasteiger charge is 2.21. The fourth-order valence-corrected chi connectivity index (χ4v) is 3.05. The van der Waals surface area contributed by atoms with E-state index >= 15 is 0 Å². The van der Waals surface area contributed by atoms with Gasteiger partial charge in [-0.3, -0.25) is 5.32 Å². The smallest absolute Gasteiger partial charge is 0.411 e. The number of ether oxygens (including phenoxy) is 3. The molecular formula is C24H32N2O6. The number of rotatable bonds is 11. The number of nitrogens with zero attached hydrogens (tertiary/aromatic N) is 1. The second-order valence-corrected chi connectivity index (χ2v) is 7.73. The Balaban J connectivity index is 2.06. The third-order valence-corrected chi connectivity index (χ3v) is 4.55. The number of carboxylic acid groups (broad SMARTS) is 1. The third kappa shape index (κ3) is 7.77. The highest BCUT2D eigenvalue weighted by molar-refractivity contribution is 5.84. The molecule has 2 rings (SSSR count). The van der Waals surface area contributed by atoms with Gasteiger partial charge in [0.2, 0.25) is 0 Å². The normalized spacial score (nSPS) is 11.7. The fourth-order valence-electron chi connectivity index (χ4n) is 3.05. The van der Waals surface area contributed by atoms with E-state index in [1.165, 1.54) is 0 Å². The van der Waals surface area contributed by atoms with Crippen LogP contribution in [0.25, 0.3) is 0 Å². The minimum absolute atomic E-state index is 0.0203. The molecule has 174 valence electrons. The van der Waals surface area contributed by atoms with Crippen molar-refractivity contribution in [2.45, 2.75) is 46.0 Å². The van der Waals surface area contributed by atoms with Gasteiger partial charge >= 0.3 is 12.1 Å². The van der Waals surface area contributed by atoms with E-state index in [9.17, 15) is 14.7 Å². The maximum absolute atomic E-state index is 12.3. The van der Waals surface area contributed by atoms with Crippen LogP contribution in [0, 0.1) is 0 Å². The Labute approximate surface area is 189 Å². The summed E-state index contributed by atoms with van der Waals surface area (Å²) < 4.78 is 16.5. The summed E-state index contributed by atoms with van der Waals surface area (Å²) in [5.41, 5.74) is 3.04. The molecule has 0 saturated heterocycles. The Morgan fingerprint density at radius 2 is 1.78 bits per heavy atom. The molecule has 8 nitrogen and oxygen atoms in total. The number of carboxylic acids is 1. The molecule has 0 aliphatic heterocycles. The molecule has 2 aromatic carbocycles. The van der Waals surface area contributed by atoms with Gasteiger partial charge in [-0.1, -0.05) is 6.07 Å². The lowest BCUT2D eigenvalue weighted by atomic mass is 10.0. The summed E-state index contributed by atoms with van der Waals surface area (Å²) >= 11 is 0. The Bertz CT molecular complexity index is 896. The Morgan fingerprint density at radius 1 is 1.09 bits per heavy atom. The minimum Gasteiger partial charge on any atom is -0.493 e. The maximum Gasteiger partial charge on any atom is 0.411 e. The SMILES string of the molecule is CCOc1ccc(CC(OC(C)C)C(=O)O)cc1COC(=O)Nc1ccc(N(C)C)cc1. The van der Waals surface area contributed by atoms with Crippen LogP contribution in [-0.4, -0.2) is 50.1 Å². The zero-order valence-electron chi connectivity index (χ0n) is 19.3. The molecular weight excluding hydrogens is 412 g/mol. The van der Waals surface area contributed by atoms with Crippen molar-refractivity contribution in [1.29, 1.82) is 0 Å². The first kappa shape index (κ1) is 25.0. The lowest BCUT2D eigenvalue weighted by Gasteiger charge is -2.18. The number of hydrogen-bond acceptors (Lipinski definition) is 6. The number of anilines is 2. The maximum atomic E-state index is 12.3. The molecule has 0 aliphatic carbocycles. The van der Waals surface area contributed by atoms with Crippen LogP contribution in [0.4, 0.5) is 16.2 Å². The number of carbonyl (C=O) groups is 2. The van der Waals surface area contributed by atoms with E-state index in [1.807, 2.05) is 38.1 Å². The molecule has 0 fully saturated rings. The van der Waals surface area contributed by atoms with Crippen molar-refractivity contribution < 1.29 is 28.9 Å². The molecule has 2 aromatic rings. The second-order valence-electron chi connectivity index (χ2n) is 7.73. The molecule has 0 aliphatic rings. The van der Waals surface area contributed by atoms with E-state index < -0.39 is 18.2 Å². The summed E-state index contributed by atoms with van der Waals surface area (Å²) in [6.45, 7) is 5.87. The summed E-state index contributed by atoms with van der Waals surface area (Å²) in [6, 6.07) is 12.7. The van der Waals surface area contributed by atoms with E-state index in [1.54, 1.807) is 44.2 Å². The van der Waals surface area contributed by atoms with Gasteiger partial charge in [-0.2, -0.15) is 0 Å². The number of amides is 1. The number of aliphatic carboxylic acids is 1. The van der Waals surface area contributed by atoms with Crippen LogP contribution in [0.5, 0.6) is 5.75 Å². The summed E-state index contributed by atoms with van der Waals surface area (Å²) in [5.74, 6) is -0.443.